The summed E-state index contributed by atoms with van der Waals surface area (Å²) in [6, 6.07) is 3.31. The van der Waals surface area contributed by atoms with Crippen LogP contribution in [0.3, 0.4) is 0 Å². The van der Waals surface area contributed by atoms with Crippen molar-refractivity contribution in [3.63, 3.8) is 0 Å². The number of benzene rings is 1. The quantitative estimate of drug-likeness (QED) is 0.686. The van der Waals surface area contributed by atoms with E-state index in [0.29, 0.717) is 58.1 Å². The molecule has 7 heteroatoms. The largest absolute Gasteiger partial charge is 0.507 e. The molecular weight excluding hydrogens is 380 g/mol. The third kappa shape index (κ3) is 3.36. The third-order valence-electron chi connectivity index (χ3n) is 5.44. The maximum atomic E-state index is 12.6. The van der Waals surface area contributed by atoms with Crippen molar-refractivity contribution in [3.8, 4) is 5.75 Å². The number of carbonyl (C=O) groups is 2. The van der Waals surface area contributed by atoms with Gasteiger partial charge in [-0.3, -0.25) is 9.59 Å². The van der Waals surface area contributed by atoms with E-state index in [-0.39, 0.29) is 17.4 Å². The van der Waals surface area contributed by atoms with E-state index in [4.69, 9.17) is 4.99 Å². The standard InChI is InChI=1S/C23H24N4O3/c1-24-11-9-14-20-18(29)8-7-15(22(20)26-23(14)30)21-13(10-12-27(2)3)19-16(25-21)5-4-6-17(19)28/h4-8,24,29H,9-12H2,1-3H3. The number of aromatic hydroxyl groups is 1. The minimum atomic E-state index is -0.335. The third-order valence-corrected chi connectivity index (χ3v) is 5.44. The second kappa shape index (κ2) is 7.93. The van der Waals surface area contributed by atoms with Crippen molar-refractivity contribution in [1.29, 1.82) is 0 Å². The van der Waals surface area contributed by atoms with E-state index < -0.39 is 0 Å². The van der Waals surface area contributed by atoms with Crippen LogP contribution in [0, 0.1) is 0 Å². The highest BCUT2D eigenvalue weighted by Gasteiger charge is 2.31. The molecule has 30 heavy (non-hydrogen) atoms. The Kier molecular flexibility index (Phi) is 5.32. The summed E-state index contributed by atoms with van der Waals surface area (Å²) in [5.74, 6) is -0.367. The fourth-order valence-electron chi connectivity index (χ4n) is 3.97. The zero-order chi connectivity index (χ0) is 21.4. The summed E-state index contributed by atoms with van der Waals surface area (Å²) >= 11 is 0. The number of allylic oxidation sites excluding steroid dienone is 4. The predicted molar refractivity (Wildman–Crippen MR) is 115 cm³/mol. The fraction of sp³-hybridized carbons (Fsp3) is 0.304. The highest BCUT2D eigenvalue weighted by molar-refractivity contribution is 6.25. The van der Waals surface area contributed by atoms with Crippen molar-refractivity contribution < 1.29 is 14.7 Å². The van der Waals surface area contributed by atoms with Gasteiger partial charge in [-0.1, -0.05) is 6.08 Å². The van der Waals surface area contributed by atoms with Gasteiger partial charge in [-0.2, -0.15) is 0 Å². The average molecular weight is 404 g/mol. The predicted octanol–water partition coefficient (Wildman–Crippen LogP) is 0.386. The van der Waals surface area contributed by atoms with Crippen LogP contribution in [0.25, 0.3) is 5.57 Å². The lowest BCUT2D eigenvalue weighted by Crippen LogP contribution is -2.31. The number of nitrogens with zero attached hydrogens (tertiary/aromatic N) is 3. The zero-order valence-electron chi connectivity index (χ0n) is 17.3. The first-order valence-electron chi connectivity index (χ1n) is 9.95. The maximum Gasteiger partial charge on any atom is 0.274 e. The Hall–Kier alpha value is -3.16. The lowest BCUT2D eigenvalue weighted by molar-refractivity contribution is -0.113. The Morgan fingerprint density at radius 2 is 1.90 bits per heavy atom. The number of phenolic OH excluding ortho intramolecular Hbond substituents is 1. The van der Waals surface area contributed by atoms with Crippen molar-refractivity contribution in [2.75, 3.05) is 34.2 Å². The summed E-state index contributed by atoms with van der Waals surface area (Å²) in [5, 5.41) is 14.4. The van der Waals surface area contributed by atoms with Crippen LogP contribution in [0.5, 0.6) is 5.75 Å². The number of ketones is 1. The molecule has 2 aliphatic heterocycles. The Morgan fingerprint density at radius 3 is 2.63 bits per heavy atom. The van der Waals surface area contributed by atoms with Gasteiger partial charge >= 0.3 is 0 Å². The molecule has 0 atom stereocenters. The van der Waals surface area contributed by atoms with Crippen molar-refractivity contribution >= 4 is 23.0 Å². The summed E-state index contributed by atoms with van der Waals surface area (Å²) in [5.41, 5.74) is 3.91. The lowest BCUT2D eigenvalue weighted by atomic mass is 9.92. The number of nitrogens with one attached hydrogen (secondary N) is 1. The van der Waals surface area contributed by atoms with Crippen molar-refractivity contribution in [2.24, 2.45) is 9.98 Å². The summed E-state index contributed by atoms with van der Waals surface area (Å²) in [6.07, 6.45) is 6.18. The number of rotatable bonds is 7. The molecule has 4 rings (SSSR count). The van der Waals surface area contributed by atoms with Gasteiger partial charge in [-0.15, -0.1) is 0 Å². The van der Waals surface area contributed by atoms with Crippen LogP contribution in [0.2, 0.25) is 0 Å². The van der Waals surface area contributed by atoms with E-state index in [1.807, 2.05) is 27.2 Å². The molecule has 0 saturated heterocycles. The first kappa shape index (κ1) is 20.1. The Labute approximate surface area is 174 Å². The molecular formula is C23H24N4O3. The normalized spacial score (nSPS) is 17.4. The highest BCUT2D eigenvalue weighted by Crippen LogP contribution is 2.33. The number of hydrogen-bond donors (Lipinski definition) is 2. The SMILES string of the molecule is CNCCC1=c2c(O)ccc(C3=NC4=CC=CC(=O)C4=C3CCN(C)C)c2=NC1=O. The number of hydrogen-bond acceptors (Lipinski definition) is 6. The minimum Gasteiger partial charge on any atom is -0.507 e. The summed E-state index contributed by atoms with van der Waals surface area (Å²) in [6.45, 7) is 1.35. The molecule has 0 bridgehead atoms. The van der Waals surface area contributed by atoms with Gasteiger partial charge in [0.1, 0.15) is 5.75 Å². The van der Waals surface area contributed by atoms with Gasteiger partial charge < -0.3 is 15.3 Å². The number of fused-ring (bicyclic) bond motifs is 2. The molecule has 0 fully saturated rings. The lowest BCUT2D eigenvalue weighted by Gasteiger charge is -2.14. The monoisotopic (exact) mass is 404 g/mol. The van der Waals surface area contributed by atoms with Crippen LogP contribution in [0.15, 0.2) is 57.2 Å². The smallest absolute Gasteiger partial charge is 0.274 e. The molecule has 0 saturated carbocycles. The Morgan fingerprint density at radius 1 is 1.10 bits per heavy atom. The first-order chi connectivity index (χ1) is 14.4. The topological polar surface area (TPSA) is 94.4 Å². The van der Waals surface area contributed by atoms with Crippen LogP contribution in [0.4, 0.5) is 0 Å². The average Bonchev–Trinajstić information content (AvgIpc) is 3.24. The summed E-state index contributed by atoms with van der Waals surface area (Å²) < 4.78 is 0. The van der Waals surface area contributed by atoms with Gasteiger partial charge in [0, 0.05) is 17.7 Å². The van der Waals surface area contributed by atoms with Gasteiger partial charge in [-0.25, -0.2) is 9.98 Å². The van der Waals surface area contributed by atoms with E-state index in [0.717, 1.165) is 12.1 Å². The van der Waals surface area contributed by atoms with E-state index in [9.17, 15) is 14.7 Å². The highest BCUT2D eigenvalue weighted by atomic mass is 16.3. The number of carbonyl (C=O) groups excluding carboxylic acids is 2. The van der Waals surface area contributed by atoms with Gasteiger partial charge in [0.05, 0.1) is 27.6 Å². The van der Waals surface area contributed by atoms with E-state index >= 15 is 0 Å². The summed E-state index contributed by atoms with van der Waals surface area (Å²) in [4.78, 5) is 36.3. The molecule has 0 spiro atoms. The summed E-state index contributed by atoms with van der Waals surface area (Å²) in [7, 11) is 5.77. The van der Waals surface area contributed by atoms with E-state index in [2.05, 4.69) is 15.2 Å². The Balaban J connectivity index is 1.91. The molecule has 1 amide bonds. The van der Waals surface area contributed by atoms with Gasteiger partial charge in [0.15, 0.2) is 5.78 Å². The van der Waals surface area contributed by atoms with Gasteiger partial charge in [0.2, 0.25) is 0 Å². The minimum absolute atomic E-state index is 0.0323. The molecule has 0 radical (unpaired) electrons. The van der Waals surface area contributed by atoms with E-state index in [1.165, 1.54) is 0 Å². The maximum absolute atomic E-state index is 12.6. The molecule has 1 aliphatic carbocycles. The second-order valence-electron chi connectivity index (χ2n) is 7.75. The number of phenols is 1. The molecule has 2 N–H and O–H groups in total. The molecule has 0 aromatic heterocycles. The van der Waals surface area contributed by atoms with Gasteiger partial charge in [0.25, 0.3) is 5.91 Å². The Bertz CT molecular complexity index is 1200. The van der Waals surface area contributed by atoms with E-state index in [1.54, 1.807) is 24.3 Å². The van der Waals surface area contributed by atoms with Crippen molar-refractivity contribution in [3.05, 3.63) is 63.3 Å². The molecule has 3 aliphatic rings. The van der Waals surface area contributed by atoms with Crippen LogP contribution in [-0.4, -0.2) is 61.6 Å². The second-order valence-corrected chi connectivity index (χ2v) is 7.75. The molecule has 2 heterocycles. The number of amides is 1. The van der Waals surface area contributed by atoms with Crippen LogP contribution < -0.4 is 15.9 Å². The molecule has 7 nitrogen and oxygen atoms in total. The molecule has 1 aromatic carbocycles. The first-order valence-corrected chi connectivity index (χ1v) is 9.95. The number of aliphatic imine (C=N–C) groups is 1. The molecule has 1 aromatic rings. The fourth-order valence-corrected chi connectivity index (χ4v) is 3.97. The molecule has 154 valence electrons. The van der Waals surface area contributed by atoms with Crippen molar-refractivity contribution in [1.82, 2.24) is 10.2 Å². The van der Waals surface area contributed by atoms with Crippen LogP contribution in [0.1, 0.15) is 18.4 Å². The van der Waals surface area contributed by atoms with Gasteiger partial charge in [-0.05, 0) is 70.4 Å². The van der Waals surface area contributed by atoms with Crippen LogP contribution >= 0.6 is 0 Å². The zero-order valence-corrected chi connectivity index (χ0v) is 17.3. The molecule has 0 unspecified atom stereocenters. The van der Waals surface area contributed by atoms with Crippen molar-refractivity contribution in [2.45, 2.75) is 12.8 Å². The van der Waals surface area contributed by atoms with Crippen LogP contribution in [-0.2, 0) is 9.59 Å².